The fourth-order valence-electron chi connectivity index (χ4n) is 3.09. The summed E-state index contributed by atoms with van der Waals surface area (Å²) >= 11 is 0. The molecule has 1 fully saturated rings. The van der Waals surface area contributed by atoms with Gasteiger partial charge in [-0.15, -0.1) is 0 Å². The smallest absolute Gasteiger partial charge is 0.0249 e. The van der Waals surface area contributed by atoms with Gasteiger partial charge in [-0.1, -0.05) is 46.5 Å². The summed E-state index contributed by atoms with van der Waals surface area (Å²) in [7, 11) is 2.14. The van der Waals surface area contributed by atoms with Crippen molar-refractivity contribution in [2.45, 2.75) is 71.4 Å². The maximum absolute atomic E-state index is 3.56. The molecule has 102 valence electrons. The van der Waals surface area contributed by atoms with Crippen LogP contribution in [-0.2, 0) is 0 Å². The fourth-order valence-corrected chi connectivity index (χ4v) is 3.09. The van der Waals surface area contributed by atoms with Gasteiger partial charge in [-0.2, -0.15) is 0 Å². The molecule has 0 radical (unpaired) electrons. The van der Waals surface area contributed by atoms with Gasteiger partial charge < -0.3 is 5.32 Å². The first kappa shape index (κ1) is 15.0. The van der Waals surface area contributed by atoms with Crippen molar-refractivity contribution >= 4 is 0 Å². The Balaban J connectivity index is 2.61. The predicted molar refractivity (Wildman–Crippen MR) is 76.4 cm³/mol. The van der Waals surface area contributed by atoms with E-state index in [0.29, 0.717) is 6.04 Å². The van der Waals surface area contributed by atoms with Crippen LogP contribution in [0, 0.1) is 5.92 Å². The number of hydrogen-bond acceptors (Lipinski definition) is 2. The highest BCUT2D eigenvalue weighted by atomic mass is 15.2. The lowest BCUT2D eigenvalue weighted by molar-refractivity contribution is 0.138. The minimum atomic E-state index is 0.710. The second-order valence-corrected chi connectivity index (χ2v) is 5.70. The van der Waals surface area contributed by atoms with E-state index in [-0.39, 0.29) is 0 Å². The van der Waals surface area contributed by atoms with E-state index in [0.717, 1.165) is 12.0 Å². The van der Waals surface area contributed by atoms with Crippen LogP contribution >= 0.6 is 0 Å². The lowest BCUT2D eigenvalue weighted by Crippen LogP contribution is -2.49. The zero-order chi connectivity index (χ0) is 12.7. The molecule has 0 aromatic heterocycles. The summed E-state index contributed by atoms with van der Waals surface area (Å²) in [4.78, 5) is 2.72. The largest absolute Gasteiger partial charge is 0.315 e. The van der Waals surface area contributed by atoms with Gasteiger partial charge in [0.05, 0.1) is 0 Å². The number of nitrogens with zero attached hydrogens (tertiary/aromatic N) is 1. The van der Waals surface area contributed by atoms with Gasteiger partial charge in [0.2, 0.25) is 0 Å². The molecule has 0 bridgehead atoms. The Kier molecular flexibility index (Phi) is 7.14. The molecule has 17 heavy (non-hydrogen) atoms. The lowest BCUT2D eigenvalue weighted by Gasteiger charge is -2.37. The van der Waals surface area contributed by atoms with E-state index in [9.17, 15) is 0 Å². The van der Waals surface area contributed by atoms with Crippen LogP contribution in [0.25, 0.3) is 0 Å². The summed E-state index contributed by atoms with van der Waals surface area (Å²) in [6.07, 6.45) is 8.29. The molecule has 1 N–H and O–H groups in total. The van der Waals surface area contributed by atoms with Crippen LogP contribution in [0.15, 0.2) is 0 Å². The summed E-state index contributed by atoms with van der Waals surface area (Å²) in [5.41, 5.74) is 0. The fraction of sp³-hybridized carbons (Fsp3) is 1.00. The van der Waals surface area contributed by atoms with Crippen LogP contribution < -0.4 is 5.32 Å². The first-order chi connectivity index (χ1) is 8.22. The molecule has 0 aromatic carbocycles. The molecule has 1 rings (SSSR count). The number of likely N-dealkylation sites (N-methyl/N-ethyl adjacent to an activating group) is 2. The molecule has 0 aliphatic heterocycles. The molecule has 2 nitrogen and oxygen atoms in total. The molecule has 0 aromatic rings. The third kappa shape index (κ3) is 4.59. The Morgan fingerprint density at radius 1 is 1.18 bits per heavy atom. The second-order valence-electron chi connectivity index (χ2n) is 5.70. The third-order valence-electron chi connectivity index (χ3n) is 4.47. The molecule has 3 unspecified atom stereocenters. The maximum atomic E-state index is 3.56. The number of hydrogen-bond donors (Lipinski definition) is 1. The van der Waals surface area contributed by atoms with E-state index in [4.69, 9.17) is 0 Å². The van der Waals surface area contributed by atoms with E-state index in [1.54, 1.807) is 0 Å². The molecule has 0 spiro atoms. The SMILES string of the molecule is CCC(C)CN(CC)C1CCCCCC1NC. The summed E-state index contributed by atoms with van der Waals surface area (Å²) < 4.78 is 0. The van der Waals surface area contributed by atoms with Crippen molar-refractivity contribution in [2.24, 2.45) is 5.92 Å². The first-order valence-corrected chi connectivity index (χ1v) is 7.64. The van der Waals surface area contributed by atoms with E-state index in [1.165, 1.54) is 51.6 Å². The van der Waals surface area contributed by atoms with Gasteiger partial charge in [-0.25, -0.2) is 0 Å². The normalized spacial score (nSPS) is 28.1. The highest BCUT2D eigenvalue weighted by molar-refractivity contribution is 4.86. The van der Waals surface area contributed by atoms with Crippen LogP contribution in [0.1, 0.15) is 59.3 Å². The number of nitrogens with one attached hydrogen (secondary N) is 1. The van der Waals surface area contributed by atoms with Gasteiger partial charge >= 0.3 is 0 Å². The van der Waals surface area contributed by atoms with E-state index < -0.39 is 0 Å². The number of rotatable bonds is 6. The van der Waals surface area contributed by atoms with E-state index in [2.05, 4.69) is 38.0 Å². The Morgan fingerprint density at radius 2 is 1.88 bits per heavy atom. The molecule has 2 heteroatoms. The molecular formula is C15H32N2. The predicted octanol–water partition coefficient (Wildman–Crippen LogP) is 3.28. The Morgan fingerprint density at radius 3 is 2.47 bits per heavy atom. The third-order valence-corrected chi connectivity index (χ3v) is 4.47. The quantitative estimate of drug-likeness (QED) is 0.717. The zero-order valence-corrected chi connectivity index (χ0v) is 12.3. The molecule has 0 saturated heterocycles. The lowest BCUT2D eigenvalue weighted by atomic mass is 9.99. The van der Waals surface area contributed by atoms with Crippen LogP contribution in [-0.4, -0.2) is 37.1 Å². The minimum Gasteiger partial charge on any atom is -0.315 e. The van der Waals surface area contributed by atoms with Crippen molar-refractivity contribution in [1.82, 2.24) is 10.2 Å². The van der Waals surface area contributed by atoms with Crippen molar-refractivity contribution in [3.05, 3.63) is 0 Å². The average molecular weight is 240 g/mol. The first-order valence-electron chi connectivity index (χ1n) is 7.64. The summed E-state index contributed by atoms with van der Waals surface area (Å²) in [5.74, 6) is 0.829. The summed E-state index contributed by atoms with van der Waals surface area (Å²) in [5, 5.41) is 3.56. The van der Waals surface area contributed by atoms with Crippen LogP contribution in [0.5, 0.6) is 0 Å². The molecular weight excluding hydrogens is 208 g/mol. The highest BCUT2D eigenvalue weighted by Crippen LogP contribution is 2.23. The summed E-state index contributed by atoms with van der Waals surface area (Å²) in [6, 6.07) is 1.48. The van der Waals surface area contributed by atoms with Crippen LogP contribution in [0.4, 0.5) is 0 Å². The van der Waals surface area contributed by atoms with E-state index in [1.807, 2.05) is 0 Å². The van der Waals surface area contributed by atoms with Crippen molar-refractivity contribution in [1.29, 1.82) is 0 Å². The Bertz CT molecular complexity index is 193. The summed E-state index contributed by atoms with van der Waals surface area (Å²) in [6.45, 7) is 9.48. The topological polar surface area (TPSA) is 15.3 Å². The molecule has 0 amide bonds. The van der Waals surface area contributed by atoms with Gasteiger partial charge in [0.15, 0.2) is 0 Å². The molecule has 0 heterocycles. The average Bonchev–Trinajstić information content (AvgIpc) is 2.60. The Labute approximate surface area is 108 Å². The van der Waals surface area contributed by atoms with Gasteiger partial charge in [-0.3, -0.25) is 4.90 Å². The molecule has 1 saturated carbocycles. The van der Waals surface area contributed by atoms with E-state index >= 15 is 0 Å². The van der Waals surface area contributed by atoms with Gasteiger partial charge in [0, 0.05) is 18.6 Å². The molecule has 1 aliphatic carbocycles. The van der Waals surface area contributed by atoms with Crippen LogP contribution in [0.2, 0.25) is 0 Å². The maximum Gasteiger partial charge on any atom is 0.0249 e. The van der Waals surface area contributed by atoms with Crippen molar-refractivity contribution in [3.63, 3.8) is 0 Å². The van der Waals surface area contributed by atoms with Crippen molar-refractivity contribution < 1.29 is 0 Å². The zero-order valence-electron chi connectivity index (χ0n) is 12.3. The highest BCUT2D eigenvalue weighted by Gasteiger charge is 2.27. The van der Waals surface area contributed by atoms with Gasteiger partial charge in [-0.05, 0) is 32.4 Å². The van der Waals surface area contributed by atoms with Crippen LogP contribution in [0.3, 0.4) is 0 Å². The molecule has 1 aliphatic rings. The Hall–Kier alpha value is -0.0800. The second kappa shape index (κ2) is 8.10. The standard InChI is InChI=1S/C15H32N2/c1-5-13(3)12-17(6-2)15-11-9-7-8-10-14(15)16-4/h13-16H,5-12H2,1-4H3. The van der Waals surface area contributed by atoms with Crippen molar-refractivity contribution in [3.8, 4) is 0 Å². The van der Waals surface area contributed by atoms with Gasteiger partial charge in [0.25, 0.3) is 0 Å². The monoisotopic (exact) mass is 240 g/mol. The molecule has 3 atom stereocenters. The van der Waals surface area contributed by atoms with Crippen molar-refractivity contribution in [2.75, 3.05) is 20.1 Å². The van der Waals surface area contributed by atoms with Gasteiger partial charge in [0.1, 0.15) is 0 Å². The minimum absolute atomic E-state index is 0.710.